The van der Waals surface area contributed by atoms with Gasteiger partial charge in [0.25, 0.3) is 0 Å². The van der Waals surface area contributed by atoms with E-state index in [0.29, 0.717) is 16.6 Å². The highest BCUT2D eigenvalue weighted by molar-refractivity contribution is 7.99. The molecule has 1 N–H and O–H groups in total. The summed E-state index contributed by atoms with van der Waals surface area (Å²) in [7, 11) is 0. The molecule has 0 aliphatic carbocycles. The fourth-order valence-corrected chi connectivity index (χ4v) is 3.70. The van der Waals surface area contributed by atoms with Gasteiger partial charge in [0.1, 0.15) is 11.5 Å². The molecule has 0 saturated heterocycles. The number of hydrogen-bond acceptors (Lipinski definition) is 6. The molecule has 31 heavy (non-hydrogen) atoms. The van der Waals surface area contributed by atoms with Gasteiger partial charge in [-0.25, -0.2) is 0 Å². The van der Waals surface area contributed by atoms with Crippen molar-refractivity contribution in [2.75, 3.05) is 11.1 Å². The van der Waals surface area contributed by atoms with Crippen LogP contribution >= 0.6 is 11.8 Å². The fraction of sp³-hybridized carbons (Fsp3) is 0.130. The zero-order valence-electron chi connectivity index (χ0n) is 17.1. The average molecular weight is 432 g/mol. The SMILES string of the molecule is Cc1ccc(-n2nnnc2SCC(=O)Nc2ccc(Oc3ccccc3)cc2)c(C)c1. The van der Waals surface area contributed by atoms with Crippen molar-refractivity contribution in [3.8, 4) is 17.2 Å². The van der Waals surface area contributed by atoms with Crippen LogP contribution in [0.15, 0.2) is 78.0 Å². The summed E-state index contributed by atoms with van der Waals surface area (Å²) in [5, 5.41) is 15.3. The van der Waals surface area contributed by atoms with Crippen molar-refractivity contribution in [2.24, 2.45) is 0 Å². The topological polar surface area (TPSA) is 81.9 Å². The van der Waals surface area contributed by atoms with Crippen LogP contribution in [0.3, 0.4) is 0 Å². The molecule has 7 nitrogen and oxygen atoms in total. The number of carbonyl (C=O) groups excluding carboxylic acids is 1. The van der Waals surface area contributed by atoms with Crippen molar-refractivity contribution in [1.82, 2.24) is 20.2 Å². The Kier molecular flexibility index (Phi) is 6.28. The molecule has 8 heteroatoms. The van der Waals surface area contributed by atoms with Crippen LogP contribution in [0.1, 0.15) is 11.1 Å². The van der Waals surface area contributed by atoms with E-state index in [9.17, 15) is 4.79 Å². The molecule has 0 unspecified atom stereocenters. The van der Waals surface area contributed by atoms with E-state index in [1.54, 1.807) is 16.8 Å². The molecular weight excluding hydrogens is 410 g/mol. The van der Waals surface area contributed by atoms with E-state index in [-0.39, 0.29) is 11.7 Å². The molecular formula is C23H21N5O2S. The van der Waals surface area contributed by atoms with Gasteiger partial charge in [0.05, 0.1) is 11.4 Å². The predicted octanol–water partition coefficient (Wildman–Crippen LogP) is 4.80. The third-order valence-corrected chi connectivity index (χ3v) is 5.39. The van der Waals surface area contributed by atoms with Crippen LogP contribution in [-0.2, 0) is 4.79 Å². The Morgan fingerprint density at radius 1 is 1.00 bits per heavy atom. The van der Waals surface area contributed by atoms with Gasteiger partial charge in [-0.15, -0.1) is 5.10 Å². The molecule has 3 aromatic carbocycles. The number of thioether (sulfide) groups is 1. The molecule has 1 heterocycles. The van der Waals surface area contributed by atoms with Crippen molar-refractivity contribution in [2.45, 2.75) is 19.0 Å². The van der Waals surface area contributed by atoms with Gasteiger partial charge >= 0.3 is 0 Å². The second kappa shape index (κ2) is 9.44. The Balaban J connectivity index is 1.34. The number of para-hydroxylation sites is 1. The molecule has 0 atom stereocenters. The van der Waals surface area contributed by atoms with E-state index < -0.39 is 0 Å². The molecule has 0 saturated carbocycles. The Labute approximate surface area is 184 Å². The number of nitrogens with one attached hydrogen (secondary N) is 1. The lowest BCUT2D eigenvalue weighted by atomic mass is 10.1. The lowest BCUT2D eigenvalue weighted by molar-refractivity contribution is -0.113. The van der Waals surface area contributed by atoms with Crippen LogP contribution in [0.25, 0.3) is 5.69 Å². The molecule has 1 amide bonds. The standard InChI is InChI=1S/C23H21N5O2S/c1-16-8-13-21(17(2)14-16)28-23(25-26-27-28)31-15-22(29)24-18-9-11-20(12-10-18)30-19-6-4-3-5-7-19/h3-14H,15H2,1-2H3,(H,24,29). The lowest BCUT2D eigenvalue weighted by Gasteiger charge is -2.09. The maximum absolute atomic E-state index is 12.4. The van der Waals surface area contributed by atoms with Crippen LogP contribution in [0, 0.1) is 13.8 Å². The van der Waals surface area contributed by atoms with Crippen LogP contribution < -0.4 is 10.1 Å². The molecule has 1 aromatic heterocycles. The van der Waals surface area contributed by atoms with Crippen LogP contribution in [0.4, 0.5) is 5.69 Å². The Bertz CT molecular complexity index is 1180. The van der Waals surface area contributed by atoms with E-state index in [0.717, 1.165) is 17.0 Å². The van der Waals surface area contributed by atoms with Crippen molar-refractivity contribution in [3.63, 3.8) is 0 Å². The normalized spacial score (nSPS) is 10.6. The first-order valence-electron chi connectivity index (χ1n) is 9.70. The van der Waals surface area contributed by atoms with Gasteiger partial charge in [0.15, 0.2) is 0 Å². The average Bonchev–Trinajstić information content (AvgIpc) is 3.23. The molecule has 4 aromatic rings. The van der Waals surface area contributed by atoms with E-state index in [2.05, 4.69) is 26.9 Å². The highest BCUT2D eigenvalue weighted by Gasteiger charge is 2.13. The van der Waals surface area contributed by atoms with E-state index >= 15 is 0 Å². The maximum Gasteiger partial charge on any atom is 0.234 e. The molecule has 0 aliphatic heterocycles. The first-order valence-corrected chi connectivity index (χ1v) is 10.7. The quantitative estimate of drug-likeness (QED) is 0.423. The predicted molar refractivity (Wildman–Crippen MR) is 121 cm³/mol. The highest BCUT2D eigenvalue weighted by atomic mass is 32.2. The Hall–Kier alpha value is -3.65. The largest absolute Gasteiger partial charge is 0.457 e. The number of amides is 1. The van der Waals surface area contributed by atoms with Gasteiger partial charge in [0.2, 0.25) is 11.1 Å². The van der Waals surface area contributed by atoms with Gasteiger partial charge in [-0.1, -0.05) is 47.7 Å². The van der Waals surface area contributed by atoms with Crippen LogP contribution in [-0.4, -0.2) is 31.9 Å². The number of benzene rings is 3. The summed E-state index contributed by atoms with van der Waals surface area (Å²) in [6.45, 7) is 4.05. The minimum Gasteiger partial charge on any atom is -0.457 e. The summed E-state index contributed by atoms with van der Waals surface area (Å²) < 4.78 is 7.42. The number of anilines is 1. The van der Waals surface area contributed by atoms with Gasteiger partial charge in [-0.05, 0) is 72.3 Å². The number of nitrogens with zero attached hydrogens (tertiary/aromatic N) is 4. The third kappa shape index (κ3) is 5.29. The zero-order chi connectivity index (χ0) is 21.6. The van der Waals surface area contributed by atoms with Crippen LogP contribution in [0.5, 0.6) is 11.5 Å². The lowest BCUT2D eigenvalue weighted by Crippen LogP contribution is -2.14. The van der Waals surface area contributed by atoms with Gasteiger partial charge < -0.3 is 10.1 Å². The Morgan fingerprint density at radius 3 is 2.48 bits per heavy atom. The Morgan fingerprint density at radius 2 is 1.74 bits per heavy atom. The highest BCUT2D eigenvalue weighted by Crippen LogP contribution is 2.24. The van der Waals surface area contributed by atoms with Crippen molar-refractivity contribution >= 4 is 23.4 Å². The summed E-state index contributed by atoms with van der Waals surface area (Å²) in [6, 6.07) is 22.8. The number of aryl methyl sites for hydroxylation is 2. The van der Waals surface area contributed by atoms with Gasteiger partial charge in [-0.2, -0.15) is 4.68 Å². The van der Waals surface area contributed by atoms with E-state index in [4.69, 9.17) is 4.74 Å². The molecule has 0 aliphatic rings. The van der Waals surface area contributed by atoms with Crippen LogP contribution in [0.2, 0.25) is 0 Å². The first-order chi connectivity index (χ1) is 15.1. The van der Waals surface area contributed by atoms with Gasteiger partial charge in [-0.3, -0.25) is 4.79 Å². The molecule has 0 radical (unpaired) electrons. The number of carbonyl (C=O) groups is 1. The zero-order valence-corrected chi connectivity index (χ0v) is 18.0. The maximum atomic E-state index is 12.4. The summed E-state index contributed by atoms with van der Waals surface area (Å²) >= 11 is 1.28. The molecule has 0 spiro atoms. The summed E-state index contributed by atoms with van der Waals surface area (Å²) in [6.07, 6.45) is 0. The minimum absolute atomic E-state index is 0.142. The number of rotatable bonds is 7. The fourth-order valence-electron chi connectivity index (χ4n) is 3.02. The molecule has 156 valence electrons. The monoisotopic (exact) mass is 431 g/mol. The summed E-state index contributed by atoms with van der Waals surface area (Å²) in [4.78, 5) is 12.4. The second-order valence-electron chi connectivity index (χ2n) is 6.94. The number of aromatic nitrogens is 4. The molecule has 0 fully saturated rings. The molecule has 4 rings (SSSR count). The first kappa shape index (κ1) is 20.6. The number of tetrazole rings is 1. The van der Waals surface area contributed by atoms with Crippen molar-refractivity contribution < 1.29 is 9.53 Å². The smallest absolute Gasteiger partial charge is 0.234 e. The minimum atomic E-state index is -0.142. The van der Waals surface area contributed by atoms with Crippen molar-refractivity contribution in [3.05, 3.63) is 83.9 Å². The summed E-state index contributed by atoms with van der Waals surface area (Å²) in [5.74, 6) is 1.51. The van der Waals surface area contributed by atoms with E-state index in [1.165, 1.54) is 17.3 Å². The van der Waals surface area contributed by atoms with Gasteiger partial charge in [0, 0.05) is 5.69 Å². The van der Waals surface area contributed by atoms with Crippen molar-refractivity contribution in [1.29, 1.82) is 0 Å². The number of ether oxygens (including phenoxy) is 1. The second-order valence-corrected chi connectivity index (χ2v) is 7.88. The number of hydrogen-bond donors (Lipinski definition) is 1. The molecule has 0 bridgehead atoms. The van der Waals surface area contributed by atoms with E-state index in [1.807, 2.05) is 68.4 Å². The third-order valence-electron chi connectivity index (χ3n) is 4.47. The summed E-state index contributed by atoms with van der Waals surface area (Å²) in [5.41, 5.74) is 3.83.